The summed E-state index contributed by atoms with van der Waals surface area (Å²) < 4.78 is 13.2. The van der Waals surface area contributed by atoms with Gasteiger partial charge in [-0.05, 0) is 43.4 Å². The molecule has 0 bridgehead atoms. The predicted molar refractivity (Wildman–Crippen MR) is 66.4 cm³/mol. The molecule has 0 aromatic heterocycles. The fraction of sp³-hybridized carbons (Fsp3) is 0.385. The first-order chi connectivity index (χ1) is 7.75. The Morgan fingerprint density at radius 3 is 2.94 bits per heavy atom. The topological polar surface area (TPSA) is 12.0 Å². The molecule has 1 nitrogen and oxygen atoms in total. The van der Waals surface area contributed by atoms with Crippen molar-refractivity contribution in [2.45, 2.75) is 19.3 Å². The van der Waals surface area contributed by atoms with Gasteiger partial charge < -0.3 is 5.32 Å². The van der Waals surface area contributed by atoms with Crippen molar-refractivity contribution in [1.29, 1.82) is 0 Å². The van der Waals surface area contributed by atoms with Crippen molar-refractivity contribution in [2.24, 2.45) is 5.92 Å². The van der Waals surface area contributed by atoms with E-state index >= 15 is 0 Å². The molecule has 1 unspecified atom stereocenters. The fourth-order valence-corrected chi connectivity index (χ4v) is 2.03. The number of halogens is 2. The van der Waals surface area contributed by atoms with Gasteiger partial charge in [0, 0.05) is 12.2 Å². The summed E-state index contributed by atoms with van der Waals surface area (Å²) in [6.45, 7) is 0.894. The van der Waals surface area contributed by atoms with E-state index in [-0.39, 0.29) is 10.8 Å². The molecule has 0 radical (unpaired) electrons. The van der Waals surface area contributed by atoms with Gasteiger partial charge in [-0.3, -0.25) is 0 Å². The molecule has 0 fully saturated rings. The molecule has 1 aliphatic rings. The Bertz CT molecular complexity index is 390. The van der Waals surface area contributed by atoms with Crippen molar-refractivity contribution in [1.82, 2.24) is 0 Å². The SMILES string of the molecule is Fc1cc(NCC2CC=CCC2)ccc1Cl. The van der Waals surface area contributed by atoms with Gasteiger partial charge in [-0.25, -0.2) is 4.39 Å². The van der Waals surface area contributed by atoms with Crippen LogP contribution in [0.5, 0.6) is 0 Å². The number of allylic oxidation sites excluding steroid dienone is 2. The molecule has 0 heterocycles. The zero-order valence-electron chi connectivity index (χ0n) is 9.05. The molecule has 0 amide bonds. The number of hydrogen-bond acceptors (Lipinski definition) is 1. The molecule has 1 atom stereocenters. The minimum absolute atomic E-state index is 0.172. The van der Waals surface area contributed by atoms with Crippen LogP contribution in [-0.2, 0) is 0 Å². The highest BCUT2D eigenvalue weighted by Crippen LogP contribution is 2.21. The average molecular weight is 240 g/mol. The lowest BCUT2D eigenvalue weighted by molar-refractivity contribution is 0.504. The van der Waals surface area contributed by atoms with Crippen LogP contribution >= 0.6 is 11.6 Å². The molecular formula is C13H15ClFN. The average Bonchev–Trinajstić information content (AvgIpc) is 2.32. The van der Waals surface area contributed by atoms with Crippen molar-refractivity contribution in [3.05, 3.63) is 41.2 Å². The first kappa shape index (κ1) is 11.5. The minimum Gasteiger partial charge on any atom is -0.385 e. The third kappa shape index (κ3) is 2.99. The Morgan fingerprint density at radius 1 is 1.38 bits per heavy atom. The van der Waals surface area contributed by atoms with Crippen LogP contribution in [0.2, 0.25) is 5.02 Å². The largest absolute Gasteiger partial charge is 0.385 e. The van der Waals surface area contributed by atoms with E-state index in [4.69, 9.17) is 11.6 Å². The Labute approximate surface area is 100 Å². The molecule has 0 saturated heterocycles. The number of benzene rings is 1. The van der Waals surface area contributed by atoms with Crippen molar-refractivity contribution in [3.63, 3.8) is 0 Å². The second kappa shape index (κ2) is 5.35. The van der Waals surface area contributed by atoms with Gasteiger partial charge in [-0.15, -0.1) is 0 Å². The highest BCUT2D eigenvalue weighted by molar-refractivity contribution is 6.30. The summed E-state index contributed by atoms with van der Waals surface area (Å²) in [5, 5.41) is 3.42. The molecular weight excluding hydrogens is 225 g/mol. The van der Waals surface area contributed by atoms with E-state index in [9.17, 15) is 4.39 Å². The second-order valence-corrected chi connectivity index (χ2v) is 4.57. The van der Waals surface area contributed by atoms with Gasteiger partial charge in [0.2, 0.25) is 0 Å². The van der Waals surface area contributed by atoms with Crippen LogP contribution in [0.1, 0.15) is 19.3 Å². The third-order valence-electron chi connectivity index (χ3n) is 2.89. The zero-order valence-corrected chi connectivity index (χ0v) is 9.80. The van der Waals surface area contributed by atoms with Crippen LogP contribution in [0.25, 0.3) is 0 Å². The maximum absolute atomic E-state index is 13.2. The quantitative estimate of drug-likeness (QED) is 0.778. The molecule has 16 heavy (non-hydrogen) atoms. The summed E-state index contributed by atoms with van der Waals surface area (Å²) in [5.74, 6) is 0.291. The second-order valence-electron chi connectivity index (χ2n) is 4.16. The van der Waals surface area contributed by atoms with Crippen molar-refractivity contribution >= 4 is 17.3 Å². The van der Waals surface area contributed by atoms with Gasteiger partial charge in [-0.1, -0.05) is 23.8 Å². The van der Waals surface area contributed by atoms with Crippen LogP contribution in [-0.4, -0.2) is 6.54 Å². The van der Waals surface area contributed by atoms with E-state index in [1.165, 1.54) is 12.5 Å². The molecule has 2 rings (SSSR count). The van der Waals surface area contributed by atoms with E-state index in [0.717, 1.165) is 25.1 Å². The molecule has 0 spiro atoms. The first-order valence-electron chi connectivity index (χ1n) is 5.59. The van der Waals surface area contributed by atoms with E-state index in [0.29, 0.717) is 5.92 Å². The summed E-state index contributed by atoms with van der Waals surface area (Å²) >= 11 is 5.62. The smallest absolute Gasteiger partial charge is 0.143 e. The lowest BCUT2D eigenvalue weighted by atomic mass is 9.94. The first-order valence-corrected chi connectivity index (χ1v) is 5.97. The van der Waals surface area contributed by atoms with E-state index in [2.05, 4.69) is 17.5 Å². The molecule has 86 valence electrons. The lowest BCUT2D eigenvalue weighted by Gasteiger charge is -2.18. The molecule has 0 aliphatic heterocycles. The predicted octanol–water partition coefficient (Wildman–Crippen LogP) is 4.25. The Hall–Kier alpha value is -1.02. The third-order valence-corrected chi connectivity index (χ3v) is 3.20. The maximum atomic E-state index is 13.2. The highest BCUT2D eigenvalue weighted by atomic mass is 35.5. The van der Waals surface area contributed by atoms with E-state index < -0.39 is 0 Å². The van der Waals surface area contributed by atoms with Crippen molar-refractivity contribution in [2.75, 3.05) is 11.9 Å². The molecule has 1 N–H and O–H groups in total. The van der Waals surface area contributed by atoms with Crippen LogP contribution in [0.15, 0.2) is 30.4 Å². The molecule has 0 saturated carbocycles. The Morgan fingerprint density at radius 2 is 2.25 bits per heavy atom. The standard InChI is InChI=1S/C13H15ClFN/c14-12-7-6-11(8-13(12)15)16-9-10-4-2-1-3-5-10/h1-2,6-8,10,16H,3-5,9H2. The van der Waals surface area contributed by atoms with Crippen LogP contribution in [0.3, 0.4) is 0 Å². The molecule has 3 heteroatoms. The summed E-state index contributed by atoms with van der Waals surface area (Å²) in [4.78, 5) is 0. The lowest BCUT2D eigenvalue weighted by Crippen LogP contribution is -2.15. The summed E-state index contributed by atoms with van der Waals surface area (Å²) in [5.41, 5.74) is 0.802. The number of nitrogens with one attached hydrogen (secondary N) is 1. The highest BCUT2D eigenvalue weighted by Gasteiger charge is 2.09. The van der Waals surface area contributed by atoms with Gasteiger partial charge in [0.05, 0.1) is 5.02 Å². The van der Waals surface area contributed by atoms with Crippen LogP contribution < -0.4 is 5.32 Å². The summed E-state index contributed by atoms with van der Waals surface area (Å²) in [7, 11) is 0. The molecule has 1 aromatic rings. The number of hydrogen-bond donors (Lipinski definition) is 1. The van der Waals surface area contributed by atoms with Gasteiger partial charge in [-0.2, -0.15) is 0 Å². The van der Waals surface area contributed by atoms with Gasteiger partial charge in [0.25, 0.3) is 0 Å². The fourth-order valence-electron chi connectivity index (χ4n) is 1.91. The molecule has 1 aliphatic carbocycles. The van der Waals surface area contributed by atoms with Gasteiger partial charge in [0.15, 0.2) is 0 Å². The molecule has 1 aromatic carbocycles. The van der Waals surface area contributed by atoms with Crippen LogP contribution in [0, 0.1) is 11.7 Å². The van der Waals surface area contributed by atoms with Crippen molar-refractivity contribution in [3.8, 4) is 0 Å². The summed E-state index contributed by atoms with van der Waals surface area (Å²) in [6, 6.07) is 4.84. The number of rotatable bonds is 3. The normalized spacial score (nSPS) is 19.8. The van der Waals surface area contributed by atoms with Gasteiger partial charge in [0.1, 0.15) is 5.82 Å². The maximum Gasteiger partial charge on any atom is 0.143 e. The van der Waals surface area contributed by atoms with E-state index in [1.807, 2.05) is 6.07 Å². The van der Waals surface area contributed by atoms with Crippen molar-refractivity contribution < 1.29 is 4.39 Å². The van der Waals surface area contributed by atoms with Gasteiger partial charge >= 0.3 is 0 Å². The monoisotopic (exact) mass is 239 g/mol. The minimum atomic E-state index is -0.366. The summed E-state index contributed by atoms with van der Waals surface area (Å²) in [6.07, 6.45) is 7.92. The number of anilines is 1. The Kier molecular flexibility index (Phi) is 3.83. The van der Waals surface area contributed by atoms with Crippen LogP contribution in [0.4, 0.5) is 10.1 Å². The Balaban J connectivity index is 1.89. The zero-order chi connectivity index (χ0) is 11.4. The van der Waals surface area contributed by atoms with E-state index in [1.54, 1.807) is 6.07 Å².